The topological polar surface area (TPSA) is 49.3 Å². The zero-order chi connectivity index (χ0) is 21.1. The van der Waals surface area contributed by atoms with Crippen LogP contribution in [-0.4, -0.2) is 11.0 Å². The van der Waals surface area contributed by atoms with Gasteiger partial charge < -0.3 is 10.4 Å². The van der Waals surface area contributed by atoms with Gasteiger partial charge in [0.15, 0.2) is 5.06 Å². The van der Waals surface area contributed by atoms with Gasteiger partial charge in [-0.3, -0.25) is 4.79 Å². The van der Waals surface area contributed by atoms with Crippen molar-refractivity contribution in [2.24, 2.45) is 0 Å². The third-order valence-corrected chi connectivity index (χ3v) is 5.66. The summed E-state index contributed by atoms with van der Waals surface area (Å²) >= 11 is 0.984. The first-order valence-corrected chi connectivity index (χ1v) is 10.0. The third-order valence-electron chi connectivity index (χ3n) is 4.69. The first-order chi connectivity index (χ1) is 14.5. The fourth-order valence-electron chi connectivity index (χ4n) is 3.24. The Morgan fingerprint density at radius 1 is 0.933 bits per heavy atom. The highest BCUT2D eigenvalue weighted by molar-refractivity contribution is 7.21. The van der Waals surface area contributed by atoms with Crippen molar-refractivity contribution in [1.29, 1.82) is 0 Å². The van der Waals surface area contributed by atoms with Crippen LogP contribution in [0.4, 0.5) is 8.78 Å². The minimum Gasteiger partial charge on any atom is -0.499 e. The molecule has 0 unspecified atom stereocenters. The van der Waals surface area contributed by atoms with Crippen molar-refractivity contribution in [2.75, 3.05) is 0 Å². The second-order valence-electron chi connectivity index (χ2n) is 6.60. The number of nitrogens with one attached hydrogen (secondary N) is 1. The first kappa shape index (κ1) is 19.8. The molecule has 0 bridgehead atoms. The van der Waals surface area contributed by atoms with Crippen LogP contribution in [0.2, 0.25) is 0 Å². The number of benzene rings is 3. The lowest BCUT2D eigenvalue weighted by atomic mass is 9.99. The summed E-state index contributed by atoms with van der Waals surface area (Å²) in [5.41, 5.74) is 2.40. The highest BCUT2D eigenvalue weighted by Gasteiger charge is 2.20. The summed E-state index contributed by atoms with van der Waals surface area (Å²) in [7, 11) is 0. The number of rotatable bonds is 5. The lowest BCUT2D eigenvalue weighted by Crippen LogP contribution is -2.17. The Hall–Kier alpha value is -3.51. The molecular formula is C24H17F2NO2S. The lowest BCUT2D eigenvalue weighted by molar-refractivity contribution is 0.0970. The smallest absolute Gasteiger partial charge is 0.263 e. The quantitative estimate of drug-likeness (QED) is 0.394. The van der Waals surface area contributed by atoms with Crippen LogP contribution in [0, 0.1) is 0 Å². The predicted molar refractivity (Wildman–Crippen MR) is 116 cm³/mol. The van der Waals surface area contributed by atoms with Crippen LogP contribution < -0.4 is 5.32 Å². The molecule has 1 amide bonds. The number of thiophene rings is 1. The van der Waals surface area contributed by atoms with Crippen LogP contribution in [0.1, 0.15) is 33.5 Å². The van der Waals surface area contributed by atoms with Crippen molar-refractivity contribution in [2.45, 2.75) is 6.43 Å². The number of fused-ring (bicyclic) bond motifs is 1. The largest absolute Gasteiger partial charge is 0.499 e. The average molecular weight is 421 g/mol. The van der Waals surface area contributed by atoms with Gasteiger partial charge in [-0.2, -0.15) is 0 Å². The van der Waals surface area contributed by atoms with E-state index in [-0.39, 0.29) is 16.2 Å². The van der Waals surface area contributed by atoms with E-state index in [1.807, 2.05) is 60.7 Å². The molecule has 0 aliphatic heterocycles. The Labute approximate surface area is 175 Å². The number of alkyl halides is 2. The Bertz CT molecular complexity index is 1180. The molecule has 30 heavy (non-hydrogen) atoms. The standard InChI is InChI=1S/C24H17F2NO2S/c25-22(26)17-11-12-20-18(13-17)21(24(29)30-20)23(28)27-14-19(15-7-3-1-4-8-15)16-9-5-2-6-10-16/h1-14,22,29H,(H,27,28). The average Bonchev–Trinajstić information content (AvgIpc) is 3.10. The summed E-state index contributed by atoms with van der Waals surface area (Å²) in [5, 5.41) is 13.1. The molecule has 0 radical (unpaired) electrons. The summed E-state index contributed by atoms with van der Waals surface area (Å²) in [4.78, 5) is 12.9. The fourth-order valence-corrected chi connectivity index (χ4v) is 4.16. The van der Waals surface area contributed by atoms with E-state index in [4.69, 9.17) is 0 Å². The minimum atomic E-state index is -2.66. The van der Waals surface area contributed by atoms with E-state index in [0.29, 0.717) is 10.1 Å². The van der Waals surface area contributed by atoms with Crippen molar-refractivity contribution in [3.8, 4) is 5.06 Å². The number of carbonyl (C=O) groups is 1. The van der Waals surface area contributed by atoms with Crippen LogP contribution in [-0.2, 0) is 0 Å². The molecule has 0 aliphatic rings. The summed E-state index contributed by atoms with van der Waals surface area (Å²) < 4.78 is 26.8. The van der Waals surface area contributed by atoms with E-state index in [1.165, 1.54) is 18.2 Å². The van der Waals surface area contributed by atoms with E-state index < -0.39 is 12.3 Å². The Morgan fingerprint density at radius 2 is 1.53 bits per heavy atom. The Morgan fingerprint density at radius 3 is 2.10 bits per heavy atom. The van der Waals surface area contributed by atoms with Crippen molar-refractivity contribution in [3.05, 3.63) is 107 Å². The second kappa shape index (κ2) is 8.47. The molecule has 4 aromatic rings. The number of amides is 1. The molecule has 0 fully saturated rings. The monoisotopic (exact) mass is 421 g/mol. The van der Waals surface area contributed by atoms with Gasteiger partial charge in [0, 0.05) is 27.4 Å². The highest BCUT2D eigenvalue weighted by Crippen LogP contribution is 2.38. The van der Waals surface area contributed by atoms with Gasteiger partial charge >= 0.3 is 0 Å². The van der Waals surface area contributed by atoms with Crippen LogP contribution in [0.15, 0.2) is 85.1 Å². The Kier molecular flexibility index (Phi) is 5.59. The van der Waals surface area contributed by atoms with Gasteiger partial charge in [-0.25, -0.2) is 8.78 Å². The van der Waals surface area contributed by atoms with Crippen LogP contribution in [0.3, 0.4) is 0 Å². The van der Waals surface area contributed by atoms with Crippen molar-refractivity contribution in [1.82, 2.24) is 5.32 Å². The maximum Gasteiger partial charge on any atom is 0.263 e. The SMILES string of the molecule is O=C(NC=C(c1ccccc1)c1ccccc1)c1c(O)sc2ccc(C(F)F)cc12. The molecule has 0 saturated heterocycles. The van der Waals surface area contributed by atoms with Crippen LogP contribution >= 0.6 is 11.3 Å². The maximum absolute atomic E-state index is 13.1. The third kappa shape index (κ3) is 3.95. The normalized spacial score (nSPS) is 10.9. The van der Waals surface area contributed by atoms with Crippen LogP contribution in [0.5, 0.6) is 5.06 Å². The molecule has 0 saturated carbocycles. The predicted octanol–water partition coefficient (Wildman–Crippen LogP) is 6.36. The van der Waals surface area contributed by atoms with Gasteiger partial charge in [0.1, 0.15) is 5.56 Å². The fraction of sp³-hybridized carbons (Fsp3) is 0.0417. The Balaban J connectivity index is 1.72. The molecule has 4 rings (SSSR count). The molecule has 1 aromatic heterocycles. The number of aromatic hydroxyl groups is 1. The zero-order valence-corrected chi connectivity index (χ0v) is 16.5. The van der Waals surface area contributed by atoms with Gasteiger partial charge in [-0.1, -0.05) is 78.1 Å². The minimum absolute atomic E-state index is 0.00535. The van der Waals surface area contributed by atoms with Crippen molar-refractivity contribution >= 4 is 32.9 Å². The van der Waals surface area contributed by atoms with Gasteiger partial charge in [0.25, 0.3) is 12.3 Å². The lowest BCUT2D eigenvalue weighted by Gasteiger charge is -2.09. The molecule has 3 nitrogen and oxygen atoms in total. The number of hydrogen-bond acceptors (Lipinski definition) is 3. The van der Waals surface area contributed by atoms with E-state index in [2.05, 4.69) is 5.32 Å². The number of halogens is 2. The van der Waals surface area contributed by atoms with E-state index in [9.17, 15) is 18.7 Å². The van der Waals surface area contributed by atoms with Crippen LogP contribution in [0.25, 0.3) is 15.7 Å². The molecule has 1 heterocycles. The number of hydrogen-bond donors (Lipinski definition) is 2. The molecule has 2 N–H and O–H groups in total. The van der Waals surface area contributed by atoms with Gasteiger partial charge in [-0.15, -0.1) is 0 Å². The zero-order valence-electron chi connectivity index (χ0n) is 15.7. The molecule has 150 valence electrons. The van der Waals surface area contributed by atoms with E-state index in [1.54, 1.807) is 6.20 Å². The maximum atomic E-state index is 13.1. The van der Waals surface area contributed by atoms with E-state index >= 15 is 0 Å². The molecular weight excluding hydrogens is 404 g/mol. The van der Waals surface area contributed by atoms with Gasteiger partial charge in [-0.05, 0) is 23.3 Å². The number of carbonyl (C=O) groups excluding carboxylic acids is 1. The van der Waals surface area contributed by atoms with E-state index in [0.717, 1.165) is 28.0 Å². The second-order valence-corrected chi connectivity index (χ2v) is 7.63. The summed E-state index contributed by atoms with van der Waals surface area (Å²) in [5.74, 6) is -0.561. The van der Waals surface area contributed by atoms with Gasteiger partial charge in [0.2, 0.25) is 0 Å². The first-order valence-electron chi connectivity index (χ1n) is 9.20. The summed E-state index contributed by atoms with van der Waals surface area (Å²) in [6.07, 6.45) is -1.08. The molecule has 0 spiro atoms. The van der Waals surface area contributed by atoms with Crippen molar-refractivity contribution < 1.29 is 18.7 Å². The molecule has 0 atom stereocenters. The molecule has 0 aliphatic carbocycles. The highest BCUT2D eigenvalue weighted by atomic mass is 32.1. The van der Waals surface area contributed by atoms with Crippen molar-refractivity contribution in [3.63, 3.8) is 0 Å². The summed E-state index contributed by atoms with van der Waals surface area (Å²) in [6, 6.07) is 23.2. The summed E-state index contributed by atoms with van der Waals surface area (Å²) in [6.45, 7) is 0. The van der Waals surface area contributed by atoms with Gasteiger partial charge in [0.05, 0.1) is 0 Å². The molecule has 6 heteroatoms. The molecule has 3 aromatic carbocycles.